The van der Waals surface area contributed by atoms with Crippen molar-refractivity contribution >= 4 is 35.0 Å². The van der Waals surface area contributed by atoms with Gasteiger partial charge in [0.2, 0.25) is 0 Å². The Morgan fingerprint density at radius 2 is 1.88 bits per heavy atom. The predicted octanol–water partition coefficient (Wildman–Crippen LogP) is 6.12. The molecule has 11 heteroatoms. The fourth-order valence-corrected chi connectivity index (χ4v) is 5.54. The molecule has 1 aliphatic heterocycles. The fraction of sp³-hybridized carbons (Fsp3) is 0.207. The highest BCUT2D eigenvalue weighted by Crippen LogP contribution is 2.33. The molecule has 1 atom stereocenters. The van der Waals surface area contributed by atoms with Gasteiger partial charge in [0, 0.05) is 16.7 Å². The van der Waals surface area contributed by atoms with Gasteiger partial charge in [-0.3, -0.25) is 9.36 Å². The highest BCUT2D eigenvalue weighted by Gasteiger charge is 2.34. The van der Waals surface area contributed by atoms with Crippen molar-refractivity contribution in [3.63, 3.8) is 0 Å². The van der Waals surface area contributed by atoms with E-state index in [0.717, 1.165) is 23.5 Å². The number of benzene rings is 2. The van der Waals surface area contributed by atoms with Crippen LogP contribution >= 0.6 is 22.9 Å². The first-order valence-electron chi connectivity index (χ1n) is 12.2. The zero-order valence-electron chi connectivity index (χ0n) is 21.5. The van der Waals surface area contributed by atoms with Crippen LogP contribution in [-0.2, 0) is 15.7 Å². The molecule has 5 rings (SSSR count). The second-order valence-electron chi connectivity index (χ2n) is 9.37. The number of fused-ring (bicyclic) bond motifs is 1. The predicted molar refractivity (Wildman–Crippen MR) is 146 cm³/mol. The molecule has 2 aromatic carbocycles. The maximum atomic E-state index is 13.7. The molecule has 0 saturated heterocycles. The van der Waals surface area contributed by atoms with E-state index in [1.54, 1.807) is 57.2 Å². The number of esters is 1. The van der Waals surface area contributed by atoms with Gasteiger partial charge in [0.15, 0.2) is 4.80 Å². The zero-order chi connectivity index (χ0) is 28.8. The molecular weight excluding hydrogens is 565 g/mol. The molecule has 0 spiro atoms. The minimum atomic E-state index is -4.49. The maximum absolute atomic E-state index is 13.7. The minimum absolute atomic E-state index is 0.221. The number of nitrogens with zero attached hydrogens (tertiary/aromatic N) is 2. The van der Waals surface area contributed by atoms with Crippen LogP contribution in [0.1, 0.15) is 43.7 Å². The summed E-state index contributed by atoms with van der Waals surface area (Å²) in [5.74, 6) is -0.0863. The van der Waals surface area contributed by atoms with Gasteiger partial charge >= 0.3 is 12.1 Å². The van der Waals surface area contributed by atoms with E-state index in [4.69, 9.17) is 20.8 Å². The van der Waals surface area contributed by atoms with Gasteiger partial charge in [0.05, 0.1) is 33.5 Å². The lowest BCUT2D eigenvalue weighted by molar-refractivity contribution is -0.143. The van der Waals surface area contributed by atoms with Crippen molar-refractivity contribution in [3.8, 4) is 11.3 Å². The topological polar surface area (TPSA) is 73.8 Å². The molecule has 1 aliphatic rings. The van der Waals surface area contributed by atoms with Crippen LogP contribution < -0.4 is 14.9 Å². The second-order valence-corrected chi connectivity index (χ2v) is 10.8. The number of halogens is 4. The van der Waals surface area contributed by atoms with E-state index in [2.05, 4.69) is 4.99 Å². The average molecular weight is 587 g/mol. The number of rotatable bonds is 5. The van der Waals surface area contributed by atoms with Gasteiger partial charge in [0.25, 0.3) is 5.56 Å². The van der Waals surface area contributed by atoms with Crippen LogP contribution in [-0.4, -0.2) is 16.6 Å². The molecule has 1 unspecified atom stereocenters. The zero-order valence-corrected chi connectivity index (χ0v) is 23.0. The first kappa shape index (κ1) is 27.7. The van der Waals surface area contributed by atoms with Crippen molar-refractivity contribution < 1.29 is 27.1 Å². The summed E-state index contributed by atoms with van der Waals surface area (Å²) in [5.41, 5.74) is 0.348. The molecule has 0 fully saturated rings. The van der Waals surface area contributed by atoms with Crippen LogP contribution in [0.5, 0.6) is 0 Å². The fourth-order valence-electron chi connectivity index (χ4n) is 4.38. The molecule has 0 N–H and O–H groups in total. The number of allylic oxidation sites excluding steroid dienone is 1. The van der Waals surface area contributed by atoms with Crippen molar-refractivity contribution in [2.24, 2.45) is 4.99 Å². The summed E-state index contributed by atoms with van der Waals surface area (Å²) < 4.78 is 52.4. The van der Waals surface area contributed by atoms with E-state index in [-0.39, 0.29) is 33.3 Å². The van der Waals surface area contributed by atoms with E-state index >= 15 is 0 Å². The Morgan fingerprint density at radius 3 is 2.55 bits per heavy atom. The Kier molecular flexibility index (Phi) is 7.32. The van der Waals surface area contributed by atoms with E-state index in [9.17, 15) is 22.8 Å². The molecule has 40 heavy (non-hydrogen) atoms. The monoisotopic (exact) mass is 586 g/mol. The van der Waals surface area contributed by atoms with Crippen molar-refractivity contribution in [3.05, 3.63) is 114 Å². The normalized spacial score (nSPS) is 15.8. The van der Waals surface area contributed by atoms with Gasteiger partial charge < -0.3 is 9.15 Å². The Bertz CT molecular complexity index is 1810. The number of carbonyl (C=O) groups excluding carboxylic acids is 1. The molecule has 3 heterocycles. The summed E-state index contributed by atoms with van der Waals surface area (Å²) in [6, 6.07) is 13.9. The Labute approximate surface area is 235 Å². The highest BCUT2D eigenvalue weighted by atomic mass is 35.5. The van der Waals surface area contributed by atoms with E-state index in [1.165, 1.54) is 22.8 Å². The number of aromatic nitrogens is 1. The third-order valence-electron chi connectivity index (χ3n) is 6.14. The molecule has 0 radical (unpaired) electrons. The molecule has 6 nitrogen and oxygen atoms in total. The lowest BCUT2D eigenvalue weighted by Crippen LogP contribution is -2.40. The van der Waals surface area contributed by atoms with Crippen molar-refractivity contribution in [1.29, 1.82) is 0 Å². The molecule has 206 valence electrons. The van der Waals surface area contributed by atoms with Gasteiger partial charge in [-0.2, -0.15) is 13.2 Å². The third-order valence-corrected chi connectivity index (χ3v) is 7.38. The molecule has 0 aliphatic carbocycles. The van der Waals surface area contributed by atoms with Crippen LogP contribution in [0.2, 0.25) is 5.02 Å². The summed E-state index contributed by atoms with van der Waals surface area (Å²) in [6.45, 7) is 5.15. The van der Waals surface area contributed by atoms with E-state index < -0.39 is 29.3 Å². The van der Waals surface area contributed by atoms with E-state index in [1.807, 2.05) is 0 Å². The standard InChI is InChI=1S/C29H22ClF3N2O4S/c1-15(2)38-27(37)24-16(3)34-28-35(25(24)17-7-9-20(30)10-8-17)26(36)23(40-28)14-21-11-12-22(39-21)18-5-4-6-19(13-18)29(31,32)33/h4-15,25H,1-3H3/b23-14-. The van der Waals surface area contributed by atoms with Crippen molar-refractivity contribution in [2.45, 2.75) is 39.1 Å². The van der Waals surface area contributed by atoms with Gasteiger partial charge in [-0.15, -0.1) is 0 Å². The van der Waals surface area contributed by atoms with Crippen LogP contribution in [0.25, 0.3) is 17.4 Å². The number of carbonyl (C=O) groups is 1. The number of alkyl halides is 3. The lowest BCUT2D eigenvalue weighted by atomic mass is 9.96. The third kappa shape index (κ3) is 5.41. The Hall–Kier alpha value is -3.89. The largest absolute Gasteiger partial charge is 0.459 e. The quantitative estimate of drug-likeness (QED) is 0.264. The molecule has 0 amide bonds. The average Bonchev–Trinajstić information content (AvgIpc) is 3.47. The first-order valence-corrected chi connectivity index (χ1v) is 13.4. The molecular formula is C29H22ClF3N2O4S. The second kappa shape index (κ2) is 10.6. The van der Waals surface area contributed by atoms with Gasteiger partial charge in [0.1, 0.15) is 11.5 Å². The lowest BCUT2D eigenvalue weighted by Gasteiger charge is -2.25. The molecule has 4 aromatic rings. The van der Waals surface area contributed by atoms with Gasteiger partial charge in [-0.25, -0.2) is 9.79 Å². The summed E-state index contributed by atoms with van der Waals surface area (Å²) in [5, 5.41) is 0.498. The highest BCUT2D eigenvalue weighted by molar-refractivity contribution is 7.07. The number of furan rings is 1. The summed E-state index contributed by atoms with van der Waals surface area (Å²) in [6.07, 6.45) is -3.36. The van der Waals surface area contributed by atoms with Gasteiger partial charge in [-0.1, -0.05) is 47.2 Å². The minimum Gasteiger partial charge on any atom is -0.459 e. The first-order chi connectivity index (χ1) is 18.9. The summed E-state index contributed by atoms with van der Waals surface area (Å²) in [4.78, 5) is 31.8. The van der Waals surface area contributed by atoms with E-state index in [0.29, 0.717) is 21.1 Å². The number of hydrogen-bond donors (Lipinski definition) is 0. The van der Waals surface area contributed by atoms with Crippen LogP contribution in [0.3, 0.4) is 0 Å². The maximum Gasteiger partial charge on any atom is 0.416 e. The molecule has 2 aromatic heterocycles. The number of hydrogen-bond acceptors (Lipinski definition) is 6. The summed E-state index contributed by atoms with van der Waals surface area (Å²) >= 11 is 7.20. The molecule has 0 bridgehead atoms. The van der Waals surface area contributed by atoms with Crippen molar-refractivity contribution in [1.82, 2.24) is 4.57 Å². The SMILES string of the molecule is CC1=C(C(=O)OC(C)C)C(c2ccc(Cl)cc2)n2c(s/c(=C\c3ccc(-c4cccc(C(F)(F)F)c4)o3)c2=O)=N1. The number of ether oxygens (including phenoxy) is 1. The number of thiazole rings is 1. The van der Waals surface area contributed by atoms with Crippen LogP contribution in [0.15, 0.2) is 86.1 Å². The Morgan fingerprint density at radius 1 is 1.15 bits per heavy atom. The van der Waals surface area contributed by atoms with Crippen molar-refractivity contribution in [2.75, 3.05) is 0 Å². The van der Waals surface area contributed by atoms with Gasteiger partial charge in [-0.05, 0) is 62.7 Å². The molecule has 0 saturated carbocycles. The summed E-state index contributed by atoms with van der Waals surface area (Å²) in [7, 11) is 0. The van der Waals surface area contributed by atoms with Crippen LogP contribution in [0.4, 0.5) is 13.2 Å². The Balaban J connectivity index is 1.60. The smallest absolute Gasteiger partial charge is 0.416 e. The van der Waals surface area contributed by atoms with Crippen LogP contribution in [0, 0.1) is 0 Å².